The van der Waals surface area contributed by atoms with Gasteiger partial charge in [0.1, 0.15) is 10.6 Å². The lowest BCUT2D eigenvalue weighted by Crippen LogP contribution is -2.35. The highest BCUT2D eigenvalue weighted by Gasteiger charge is 2.21. The first-order valence-corrected chi connectivity index (χ1v) is 7.15. The molecular weight excluding hydrogens is 310 g/mol. The molecule has 0 saturated heterocycles. The molecule has 0 bridgehead atoms. The Labute approximate surface area is 109 Å². The maximum absolute atomic E-state index is 12.0. The molecule has 0 fully saturated rings. The van der Waals surface area contributed by atoms with E-state index in [9.17, 15) is 8.42 Å². The third kappa shape index (κ3) is 3.67. The zero-order valence-electron chi connectivity index (χ0n) is 9.47. The summed E-state index contributed by atoms with van der Waals surface area (Å²) < 4.78 is 32.0. The summed E-state index contributed by atoms with van der Waals surface area (Å²) in [6.45, 7) is 1.30. The number of sulfonamides is 1. The van der Waals surface area contributed by atoms with Crippen molar-refractivity contribution in [1.29, 1.82) is 0 Å². The highest BCUT2D eigenvalue weighted by molar-refractivity contribution is 9.10. The first kappa shape index (κ1) is 14.4. The van der Waals surface area contributed by atoms with Crippen molar-refractivity contribution in [1.82, 2.24) is 4.72 Å². The Hall–Kier alpha value is -0.630. The Balaban J connectivity index is 3.18. The van der Waals surface area contributed by atoms with Crippen LogP contribution in [-0.4, -0.2) is 33.3 Å². The minimum atomic E-state index is -3.70. The average molecular weight is 324 g/mol. The fraction of sp³-hybridized carbons (Fsp3) is 0.400. The number of rotatable bonds is 5. The Kier molecular flexibility index (Phi) is 4.93. The normalized spacial score (nSPS) is 13.4. The van der Waals surface area contributed by atoms with Crippen LogP contribution in [0.15, 0.2) is 27.6 Å². The van der Waals surface area contributed by atoms with E-state index in [2.05, 4.69) is 20.7 Å². The van der Waals surface area contributed by atoms with Crippen LogP contribution in [-0.2, 0) is 10.0 Å². The minimum absolute atomic E-state index is 0.0367. The summed E-state index contributed by atoms with van der Waals surface area (Å²) >= 11 is 3.20. The van der Waals surface area contributed by atoms with Gasteiger partial charge in [0, 0.05) is 10.5 Å². The third-order valence-electron chi connectivity index (χ3n) is 2.05. The zero-order valence-corrected chi connectivity index (χ0v) is 11.9. The van der Waals surface area contributed by atoms with Crippen molar-refractivity contribution < 1.29 is 18.3 Å². The van der Waals surface area contributed by atoms with E-state index in [4.69, 9.17) is 9.84 Å². The predicted molar refractivity (Wildman–Crippen MR) is 67.6 cm³/mol. The van der Waals surface area contributed by atoms with E-state index in [1.54, 1.807) is 19.1 Å². The van der Waals surface area contributed by atoms with Gasteiger partial charge in [0.2, 0.25) is 10.0 Å². The highest BCUT2D eigenvalue weighted by atomic mass is 79.9. The van der Waals surface area contributed by atoms with Gasteiger partial charge in [-0.25, -0.2) is 13.1 Å². The first-order valence-electron chi connectivity index (χ1n) is 4.87. The quantitative estimate of drug-likeness (QED) is 0.851. The van der Waals surface area contributed by atoms with Gasteiger partial charge in [-0.1, -0.05) is 15.9 Å². The second-order valence-corrected chi connectivity index (χ2v) is 6.10. The van der Waals surface area contributed by atoms with Gasteiger partial charge in [-0.3, -0.25) is 0 Å². The smallest absolute Gasteiger partial charge is 0.244 e. The molecule has 7 heteroatoms. The highest BCUT2D eigenvalue weighted by Crippen LogP contribution is 2.27. The zero-order chi connectivity index (χ0) is 13.1. The van der Waals surface area contributed by atoms with Gasteiger partial charge in [0.25, 0.3) is 0 Å². The number of halogens is 1. The van der Waals surface area contributed by atoms with E-state index in [0.29, 0.717) is 4.47 Å². The number of hydrogen-bond acceptors (Lipinski definition) is 4. The Morgan fingerprint density at radius 2 is 2.18 bits per heavy atom. The van der Waals surface area contributed by atoms with E-state index in [1.165, 1.54) is 13.2 Å². The topological polar surface area (TPSA) is 75.6 Å². The van der Waals surface area contributed by atoms with Crippen LogP contribution in [0.1, 0.15) is 6.92 Å². The Bertz CT molecular complexity index is 489. The largest absolute Gasteiger partial charge is 0.495 e. The fourth-order valence-corrected chi connectivity index (χ4v) is 3.17. The maximum atomic E-state index is 12.0. The Morgan fingerprint density at radius 3 is 2.71 bits per heavy atom. The van der Waals surface area contributed by atoms with Crippen molar-refractivity contribution >= 4 is 26.0 Å². The number of aliphatic hydroxyl groups is 1. The molecule has 1 rings (SSSR count). The summed E-state index contributed by atoms with van der Waals surface area (Å²) in [6.07, 6.45) is 0. The molecule has 0 heterocycles. The molecule has 1 atom stereocenters. The van der Waals surface area contributed by atoms with E-state index in [0.717, 1.165) is 0 Å². The van der Waals surface area contributed by atoms with Crippen molar-refractivity contribution in [3.8, 4) is 5.75 Å². The Morgan fingerprint density at radius 1 is 1.53 bits per heavy atom. The number of benzene rings is 1. The molecule has 0 aromatic heterocycles. The summed E-state index contributed by atoms with van der Waals surface area (Å²) in [5, 5.41) is 8.86. The monoisotopic (exact) mass is 323 g/mol. The first-order chi connectivity index (χ1) is 7.90. The van der Waals surface area contributed by atoms with Crippen molar-refractivity contribution in [2.75, 3.05) is 13.7 Å². The lowest BCUT2D eigenvalue weighted by atomic mass is 10.3. The molecule has 0 saturated carbocycles. The molecule has 0 aliphatic rings. The molecular formula is C10H14BrNO4S. The molecule has 17 heavy (non-hydrogen) atoms. The summed E-state index contributed by atoms with van der Waals surface area (Å²) in [6, 6.07) is 4.14. The molecule has 0 aliphatic heterocycles. The second-order valence-electron chi connectivity index (χ2n) is 3.50. The second kappa shape index (κ2) is 5.81. The van der Waals surface area contributed by atoms with Gasteiger partial charge in [0.05, 0.1) is 13.7 Å². The van der Waals surface area contributed by atoms with Crippen LogP contribution in [0, 0.1) is 0 Å². The van der Waals surface area contributed by atoms with Gasteiger partial charge >= 0.3 is 0 Å². The van der Waals surface area contributed by atoms with Gasteiger partial charge in [-0.05, 0) is 25.1 Å². The van der Waals surface area contributed by atoms with Gasteiger partial charge < -0.3 is 9.84 Å². The number of hydrogen-bond donors (Lipinski definition) is 2. The van der Waals surface area contributed by atoms with E-state index < -0.39 is 16.1 Å². The van der Waals surface area contributed by atoms with Crippen LogP contribution in [0.5, 0.6) is 5.75 Å². The third-order valence-corrected chi connectivity index (χ3v) is 4.15. The predicted octanol–water partition coefficient (Wildman–Crippen LogP) is 1.12. The minimum Gasteiger partial charge on any atom is -0.495 e. The summed E-state index contributed by atoms with van der Waals surface area (Å²) in [4.78, 5) is 0.0367. The van der Waals surface area contributed by atoms with Crippen molar-refractivity contribution in [2.45, 2.75) is 17.9 Å². The molecule has 2 N–H and O–H groups in total. The molecule has 0 unspecified atom stereocenters. The van der Waals surface area contributed by atoms with Gasteiger partial charge in [-0.2, -0.15) is 0 Å². The summed E-state index contributed by atoms with van der Waals surface area (Å²) in [7, 11) is -2.30. The lowest BCUT2D eigenvalue weighted by molar-refractivity contribution is 0.265. The van der Waals surface area contributed by atoms with Crippen LogP contribution in [0.3, 0.4) is 0 Å². The van der Waals surface area contributed by atoms with Crippen LogP contribution >= 0.6 is 15.9 Å². The number of ether oxygens (including phenoxy) is 1. The molecule has 96 valence electrons. The molecule has 0 spiro atoms. The van der Waals surface area contributed by atoms with Crippen molar-refractivity contribution in [3.05, 3.63) is 22.7 Å². The molecule has 0 radical (unpaired) electrons. The number of aliphatic hydroxyl groups excluding tert-OH is 1. The molecule has 1 aromatic rings. The van der Waals surface area contributed by atoms with Crippen LogP contribution in [0.4, 0.5) is 0 Å². The maximum Gasteiger partial charge on any atom is 0.244 e. The van der Waals surface area contributed by atoms with Crippen molar-refractivity contribution in [2.24, 2.45) is 0 Å². The average Bonchev–Trinajstić information content (AvgIpc) is 2.28. The van der Waals surface area contributed by atoms with Crippen LogP contribution in [0.2, 0.25) is 0 Å². The standard InChI is InChI=1S/C10H14BrNO4S/c1-7(6-13)12-17(14,15)10-5-8(11)3-4-9(10)16-2/h3-5,7,12-13H,6H2,1-2H3/t7-/m1/s1. The van der Waals surface area contributed by atoms with Crippen molar-refractivity contribution in [3.63, 3.8) is 0 Å². The molecule has 0 aliphatic carbocycles. The van der Waals surface area contributed by atoms with Crippen LogP contribution in [0.25, 0.3) is 0 Å². The number of methoxy groups -OCH3 is 1. The van der Waals surface area contributed by atoms with E-state index in [-0.39, 0.29) is 17.3 Å². The van der Waals surface area contributed by atoms with Gasteiger partial charge in [0.15, 0.2) is 0 Å². The molecule has 0 amide bonds. The van der Waals surface area contributed by atoms with Gasteiger partial charge in [-0.15, -0.1) is 0 Å². The lowest BCUT2D eigenvalue weighted by Gasteiger charge is -2.14. The summed E-state index contributed by atoms with van der Waals surface area (Å²) in [5.41, 5.74) is 0. The van der Waals surface area contributed by atoms with Crippen LogP contribution < -0.4 is 9.46 Å². The number of nitrogens with one attached hydrogen (secondary N) is 1. The van der Waals surface area contributed by atoms with E-state index >= 15 is 0 Å². The summed E-state index contributed by atoms with van der Waals surface area (Å²) in [5.74, 6) is 0.255. The van der Waals surface area contributed by atoms with E-state index in [1.807, 2.05) is 0 Å². The molecule has 1 aromatic carbocycles. The fourth-order valence-electron chi connectivity index (χ4n) is 1.23. The SMILES string of the molecule is COc1ccc(Br)cc1S(=O)(=O)N[C@H](C)CO. The molecule has 5 nitrogen and oxygen atoms in total.